The second-order valence-electron chi connectivity index (χ2n) is 5.38. The summed E-state index contributed by atoms with van der Waals surface area (Å²) in [6, 6.07) is 0. The Morgan fingerprint density at radius 1 is 0.952 bits per heavy atom. The first kappa shape index (κ1) is 16.1. The van der Waals surface area contributed by atoms with E-state index in [1.165, 1.54) is 0 Å². The van der Waals surface area contributed by atoms with Crippen LogP contribution < -0.4 is 14.7 Å². The van der Waals surface area contributed by atoms with Crippen LogP contribution in [-0.2, 0) is 4.74 Å². The first-order chi connectivity index (χ1) is 9.86. The van der Waals surface area contributed by atoms with Crippen LogP contribution in [0.5, 0.6) is 0 Å². The van der Waals surface area contributed by atoms with Crippen LogP contribution in [0, 0.1) is 11.6 Å². The van der Waals surface area contributed by atoms with Gasteiger partial charge in [0.1, 0.15) is 16.4 Å². The van der Waals surface area contributed by atoms with Gasteiger partial charge < -0.3 is 19.4 Å². The molecule has 1 aliphatic heterocycles. The highest BCUT2D eigenvalue weighted by Crippen LogP contribution is 2.45. The molecular weight excluding hydrogens is 300 g/mol. The Bertz CT molecular complexity index is 496. The number of halogens is 3. The van der Waals surface area contributed by atoms with E-state index < -0.39 is 16.7 Å². The molecule has 118 valence electrons. The summed E-state index contributed by atoms with van der Waals surface area (Å²) in [4.78, 5) is 5.19. The molecule has 0 atom stereocenters. The molecule has 1 saturated heterocycles. The van der Waals surface area contributed by atoms with E-state index in [4.69, 9.17) is 16.3 Å². The molecule has 0 aromatic heterocycles. The molecule has 1 heterocycles. The van der Waals surface area contributed by atoms with Crippen LogP contribution in [0.1, 0.15) is 0 Å². The lowest BCUT2D eigenvalue weighted by Crippen LogP contribution is -2.38. The molecule has 0 spiro atoms. The van der Waals surface area contributed by atoms with Crippen LogP contribution >= 0.6 is 11.6 Å². The van der Waals surface area contributed by atoms with Crippen LogP contribution in [0.15, 0.2) is 0 Å². The SMILES string of the molecule is CN(C)c1c(F)c(Cl)c(F)c(N(C)C)c1N1CCOCC1. The fourth-order valence-corrected chi connectivity index (χ4v) is 2.71. The lowest BCUT2D eigenvalue weighted by atomic mass is 10.1. The average Bonchev–Trinajstić information content (AvgIpc) is 2.44. The van der Waals surface area contributed by atoms with Crippen molar-refractivity contribution in [2.24, 2.45) is 0 Å². The van der Waals surface area contributed by atoms with Crippen LogP contribution in [0.4, 0.5) is 25.8 Å². The zero-order valence-corrected chi connectivity index (χ0v) is 13.5. The molecule has 0 amide bonds. The minimum Gasteiger partial charge on any atom is -0.378 e. The van der Waals surface area contributed by atoms with Gasteiger partial charge in [-0.3, -0.25) is 0 Å². The van der Waals surface area contributed by atoms with Crippen molar-refractivity contribution in [2.45, 2.75) is 0 Å². The number of hydrogen-bond donors (Lipinski definition) is 0. The number of nitrogens with zero attached hydrogens (tertiary/aromatic N) is 3. The molecule has 0 aliphatic carbocycles. The standard InChI is InChI=1S/C14H20ClF2N3O/c1-18(2)12-10(16)9(15)11(17)13(19(3)4)14(12)20-5-7-21-8-6-20/h5-8H2,1-4H3. The van der Waals surface area contributed by atoms with Crippen molar-refractivity contribution in [3.8, 4) is 0 Å². The van der Waals surface area contributed by atoms with Gasteiger partial charge in [-0.15, -0.1) is 0 Å². The number of morpholine rings is 1. The minimum atomic E-state index is -0.730. The first-order valence-corrected chi connectivity index (χ1v) is 7.11. The van der Waals surface area contributed by atoms with Gasteiger partial charge in [0.2, 0.25) is 0 Å². The summed E-state index contributed by atoms with van der Waals surface area (Å²) >= 11 is 5.84. The smallest absolute Gasteiger partial charge is 0.170 e. The van der Waals surface area contributed by atoms with E-state index in [1.807, 2.05) is 4.90 Å². The Balaban J connectivity index is 2.73. The zero-order valence-electron chi connectivity index (χ0n) is 12.7. The molecule has 21 heavy (non-hydrogen) atoms. The maximum absolute atomic E-state index is 14.5. The number of hydrogen-bond acceptors (Lipinski definition) is 4. The predicted octanol–water partition coefficient (Wildman–Crippen LogP) is 2.59. The number of anilines is 3. The third-order valence-electron chi connectivity index (χ3n) is 3.47. The Morgan fingerprint density at radius 2 is 1.38 bits per heavy atom. The zero-order chi connectivity index (χ0) is 15.7. The lowest BCUT2D eigenvalue weighted by Gasteiger charge is -2.35. The molecule has 0 radical (unpaired) electrons. The number of ether oxygens (including phenoxy) is 1. The predicted molar refractivity (Wildman–Crippen MR) is 83.1 cm³/mol. The third-order valence-corrected chi connectivity index (χ3v) is 3.80. The molecule has 1 aromatic carbocycles. The van der Waals surface area contributed by atoms with Crippen LogP contribution in [-0.4, -0.2) is 54.5 Å². The van der Waals surface area contributed by atoms with Gasteiger partial charge in [0.05, 0.1) is 18.9 Å². The van der Waals surface area contributed by atoms with Gasteiger partial charge in [-0.05, 0) is 0 Å². The highest BCUT2D eigenvalue weighted by Gasteiger charge is 2.30. The topological polar surface area (TPSA) is 19.0 Å². The van der Waals surface area contributed by atoms with E-state index in [0.717, 1.165) is 0 Å². The lowest BCUT2D eigenvalue weighted by molar-refractivity contribution is 0.122. The molecule has 7 heteroatoms. The summed E-state index contributed by atoms with van der Waals surface area (Å²) in [5, 5.41) is -0.473. The molecule has 1 aliphatic rings. The average molecular weight is 320 g/mol. The van der Waals surface area contributed by atoms with Gasteiger partial charge in [0.25, 0.3) is 0 Å². The van der Waals surface area contributed by atoms with Gasteiger partial charge in [-0.1, -0.05) is 11.6 Å². The monoisotopic (exact) mass is 319 g/mol. The van der Waals surface area contributed by atoms with E-state index in [1.54, 1.807) is 38.0 Å². The summed E-state index contributed by atoms with van der Waals surface area (Å²) in [6.45, 7) is 2.24. The van der Waals surface area contributed by atoms with Crippen molar-refractivity contribution in [3.63, 3.8) is 0 Å². The van der Waals surface area contributed by atoms with Crippen molar-refractivity contribution < 1.29 is 13.5 Å². The highest BCUT2D eigenvalue weighted by atomic mass is 35.5. The van der Waals surface area contributed by atoms with Gasteiger partial charge in [-0.2, -0.15) is 0 Å². The van der Waals surface area contributed by atoms with Gasteiger partial charge in [0.15, 0.2) is 11.6 Å². The second-order valence-corrected chi connectivity index (χ2v) is 5.75. The number of benzene rings is 1. The van der Waals surface area contributed by atoms with Crippen molar-refractivity contribution in [2.75, 3.05) is 69.2 Å². The number of rotatable bonds is 3. The quantitative estimate of drug-likeness (QED) is 0.797. The molecule has 0 bridgehead atoms. The fourth-order valence-electron chi connectivity index (χ4n) is 2.53. The van der Waals surface area contributed by atoms with Gasteiger partial charge in [0, 0.05) is 41.3 Å². The Labute approximate surface area is 128 Å². The van der Waals surface area contributed by atoms with E-state index in [0.29, 0.717) is 43.4 Å². The normalized spacial score (nSPS) is 15.3. The largest absolute Gasteiger partial charge is 0.378 e. The minimum absolute atomic E-state index is 0.298. The molecule has 4 nitrogen and oxygen atoms in total. The van der Waals surface area contributed by atoms with Crippen LogP contribution in [0.25, 0.3) is 0 Å². The molecule has 1 aromatic rings. The van der Waals surface area contributed by atoms with E-state index in [-0.39, 0.29) is 0 Å². The Kier molecular flexibility index (Phi) is 4.78. The van der Waals surface area contributed by atoms with E-state index >= 15 is 0 Å². The fraction of sp³-hybridized carbons (Fsp3) is 0.571. The summed E-state index contributed by atoms with van der Waals surface area (Å²) in [7, 11) is 6.87. The van der Waals surface area contributed by atoms with Crippen molar-refractivity contribution in [3.05, 3.63) is 16.7 Å². The van der Waals surface area contributed by atoms with E-state index in [2.05, 4.69) is 0 Å². The van der Waals surface area contributed by atoms with E-state index in [9.17, 15) is 8.78 Å². The summed E-state index contributed by atoms with van der Waals surface area (Å²) < 4.78 is 34.3. The molecule has 2 rings (SSSR count). The second kappa shape index (κ2) is 6.23. The van der Waals surface area contributed by atoms with Crippen LogP contribution in [0.3, 0.4) is 0 Å². The maximum Gasteiger partial charge on any atom is 0.170 e. The molecule has 1 fully saturated rings. The summed E-state index contributed by atoms with van der Waals surface area (Å²) in [5.41, 5.74) is 1.12. The molecular formula is C14H20ClF2N3O. The molecule has 0 saturated carbocycles. The maximum atomic E-state index is 14.5. The van der Waals surface area contributed by atoms with Crippen LogP contribution in [0.2, 0.25) is 5.02 Å². The molecule has 0 N–H and O–H groups in total. The van der Waals surface area contributed by atoms with Gasteiger partial charge >= 0.3 is 0 Å². The summed E-state index contributed by atoms with van der Waals surface area (Å²) in [6.07, 6.45) is 0. The molecule has 0 unspecified atom stereocenters. The van der Waals surface area contributed by atoms with Crippen molar-refractivity contribution in [1.82, 2.24) is 0 Å². The Hall–Kier alpha value is -1.27. The first-order valence-electron chi connectivity index (χ1n) is 6.74. The van der Waals surface area contributed by atoms with Gasteiger partial charge in [-0.25, -0.2) is 8.78 Å². The summed E-state index contributed by atoms with van der Waals surface area (Å²) in [5.74, 6) is -1.46. The third kappa shape index (κ3) is 2.87. The van der Waals surface area contributed by atoms with Crippen molar-refractivity contribution in [1.29, 1.82) is 0 Å². The highest BCUT2D eigenvalue weighted by molar-refractivity contribution is 6.32. The Morgan fingerprint density at radius 3 is 1.76 bits per heavy atom. The van der Waals surface area contributed by atoms with Crippen molar-refractivity contribution >= 4 is 28.7 Å².